The molecule has 0 aliphatic rings. The van der Waals surface area contributed by atoms with Crippen LogP contribution in [0.15, 0.2) is 12.7 Å². The molecule has 7 heteroatoms. The van der Waals surface area contributed by atoms with Crippen molar-refractivity contribution < 1.29 is 36.6 Å². The van der Waals surface area contributed by atoms with Crippen molar-refractivity contribution in [2.75, 3.05) is 12.3 Å². The monoisotopic (exact) mass is 227 g/mol. The zero-order chi connectivity index (χ0) is 11.4. The van der Waals surface area contributed by atoms with Crippen LogP contribution < -0.4 is 24.2 Å². The van der Waals surface area contributed by atoms with Crippen molar-refractivity contribution >= 4 is 16.0 Å². The molecule has 15 heavy (non-hydrogen) atoms. The van der Waals surface area contributed by atoms with Crippen LogP contribution in [-0.4, -0.2) is 31.2 Å². The predicted molar refractivity (Wildman–Crippen MR) is 51.6 cm³/mol. The van der Waals surface area contributed by atoms with Crippen LogP contribution in [0.4, 0.5) is 0 Å². The van der Waals surface area contributed by atoms with Gasteiger partial charge in [-0.15, -0.1) is 0 Å². The Bertz CT molecular complexity index is 324. The molecule has 0 aliphatic heterocycles. The summed E-state index contributed by atoms with van der Waals surface area (Å²) in [6, 6.07) is 0. The molecule has 0 unspecified atom stereocenters. The fourth-order valence-electron chi connectivity index (χ4n) is 0.928. The van der Waals surface area contributed by atoms with Crippen molar-refractivity contribution in [2.24, 2.45) is 5.41 Å². The SMILES string of the molecule is C=CC(=O)NCC(C)(C)CS(=O)(=O)[O-].[Li+]. The zero-order valence-corrected chi connectivity index (χ0v) is 10.1. The van der Waals surface area contributed by atoms with Gasteiger partial charge in [-0.05, 0) is 11.5 Å². The van der Waals surface area contributed by atoms with Crippen molar-refractivity contribution in [3.63, 3.8) is 0 Å². The van der Waals surface area contributed by atoms with Crippen LogP contribution in [0.5, 0.6) is 0 Å². The molecule has 0 aromatic carbocycles. The van der Waals surface area contributed by atoms with Crippen LogP contribution in [-0.2, 0) is 14.9 Å². The van der Waals surface area contributed by atoms with E-state index in [0.717, 1.165) is 6.08 Å². The second-order valence-electron chi connectivity index (χ2n) is 3.79. The molecule has 0 fully saturated rings. The molecule has 0 heterocycles. The van der Waals surface area contributed by atoms with E-state index in [2.05, 4.69) is 11.9 Å². The third-order valence-electron chi connectivity index (χ3n) is 1.49. The Balaban J connectivity index is 0. The van der Waals surface area contributed by atoms with Crippen LogP contribution in [0.3, 0.4) is 0 Å². The van der Waals surface area contributed by atoms with Gasteiger partial charge >= 0.3 is 18.9 Å². The number of carbonyl (C=O) groups excluding carboxylic acids is 1. The first-order valence-electron chi connectivity index (χ1n) is 4.00. The van der Waals surface area contributed by atoms with Crippen LogP contribution in [0.1, 0.15) is 13.8 Å². The maximum Gasteiger partial charge on any atom is 1.00 e. The summed E-state index contributed by atoms with van der Waals surface area (Å²) in [5.74, 6) is -0.890. The molecule has 0 atom stereocenters. The Hall–Kier alpha value is -0.283. The Morgan fingerprint density at radius 1 is 1.53 bits per heavy atom. The first kappa shape index (κ1) is 17.1. The van der Waals surface area contributed by atoms with Crippen molar-refractivity contribution in [1.82, 2.24) is 5.32 Å². The van der Waals surface area contributed by atoms with Crippen LogP contribution in [0.2, 0.25) is 0 Å². The molecule has 0 saturated heterocycles. The molecule has 0 saturated carbocycles. The molecule has 0 rings (SSSR count). The van der Waals surface area contributed by atoms with E-state index in [4.69, 9.17) is 0 Å². The standard InChI is InChI=1S/C8H15NO4S.Li/c1-4-7(10)9-5-8(2,3)6-14(11,12)13;/h4H,1,5-6H2,2-3H3,(H,9,10)(H,11,12,13);/q;+1/p-1. The van der Waals surface area contributed by atoms with E-state index in [9.17, 15) is 17.8 Å². The summed E-state index contributed by atoms with van der Waals surface area (Å²) in [6.07, 6.45) is 1.09. The molecule has 5 nitrogen and oxygen atoms in total. The number of hydrogen-bond acceptors (Lipinski definition) is 4. The average Bonchev–Trinajstić information content (AvgIpc) is 1.96. The molecule has 1 N–H and O–H groups in total. The van der Waals surface area contributed by atoms with E-state index in [1.165, 1.54) is 0 Å². The van der Waals surface area contributed by atoms with Gasteiger partial charge in [-0.2, -0.15) is 0 Å². The Morgan fingerprint density at radius 2 is 2.00 bits per heavy atom. The first-order chi connectivity index (χ1) is 6.16. The zero-order valence-electron chi connectivity index (χ0n) is 9.24. The molecule has 0 aromatic rings. The van der Waals surface area contributed by atoms with Crippen molar-refractivity contribution in [2.45, 2.75) is 13.8 Å². The molecule has 0 aliphatic carbocycles. The third-order valence-corrected chi connectivity index (χ3v) is 2.63. The van der Waals surface area contributed by atoms with Crippen LogP contribution >= 0.6 is 0 Å². The number of nitrogens with one attached hydrogen (secondary N) is 1. The largest absolute Gasteiger partial charge is 1.00 e. The minimum absolute atomic E-state index is 0. The van der Waals surface area contributed by atoms with Crippen molar-refractivity contribution in [1.29, 1.82) is 0 Å². The fourth-order valence-corrected chi connectivity index (χ4v) is 1.99. The van der Waals surface area contributed by atoms with Gasteiger partial charge in [0.05, 0.1) is 10.1 Å². The van der Waals surface area contributed by atoms with E-state index in [-0.39, 0.29) is 31.3 Å². The molecule has 1 amide bonds. The average molecular weight is 227 g/mol. The summed E-state index contributed by atoms with van der Waals surface area (Å²) >= 11 is 0. The van der Waals surface area contributed by atoms with Gasteiger partial charge in [0.2, 0.25) is 5.91 Å². The minimum atomic E-state index is -4.26. The third kappa shape index (κ3) is 10.0. The minimum Gasteiger partial charge on any atom is -0.748 e. The summed E-state index contributed by atoms with van der Waals surface area (Å²) < 4.78 is 31.4. The van der Waals surface area contributed by atoms with Gasteiger partial charge in [-0.3, -0.25) is 4.79 Å². The van der Waals surface area contributed by atoms with Crippen LogP contribution in [0.25, 0.3) is 0 Å². The maximum absolute atomic E-state index is 10.8. The molecular weight excluding hydrogens is 213 g/mol. The molecule has 0 radical (unpaired) electrons. The van der Waals surface area contributed by atoms with Gasteiger partial charge in [0, 0.05) is 12.3 Å². The molecular formula is C8H14LiNO4S. The van der Waals surface area contributed by atoms with Crippen molar-refractivity contribution in [3.05, 3.63) is 12.7 Å². The van der Waals surface area contributed by atoms with Gasteiger partial charge in [0.25, 0.3) is 0 Å². The van der Waals surface area contributed by atoms with Gasteiger partial charge in [0.15, 0.2) is 0 Å². The van der Waals surface area contributed by atoms with E-state index >= 15 is 0 Å². The quantitative estimate of drug-likeness (QED) is 0.305. The summed E-state index contributed by atoms with van der Waals surface area (Å²) in [6.45, 7) is 6.55. The summed E-state index contributed by atoms with van der Waals surface area (Å²) in [4.78, 5) is 10.8. The molecule has 0 spiro atoms. The van der Waals surface area contributed by atoms with Crippen molar-refractivity contribution in [3.8, 4) is 0 Å². The number of amides is 1. The maximum atomic E-state index is 10.8. The summed E-state index contributed by atoms with van der Waals surface area (Å²) in [5, 5.41) is 2.43. The smallest absolute Gasteiger partial charge is 0.748 e. The van der Waals surface area contributed by atoms with Gasteiger partial charge < -0.3 is 9.87 Å². The summed E-state index contributed by atoms with van der Waals surface area (Å²) in [5.41, 5.74) is -0.765. The Morgan fingerprint density at radius 3 is 2.33 bits per heavy atom. The van der Waals surface area contributed by atoms with Gasteiger partial charge in [0.1, 0.15) is 0 Å². The number of rotatable bonds is 5. The van der Waals surface area contributed by atoms with E-state index in [1.807, 2.05) is 0 Å². The Labute approximate surface area is 102 Å². The summed E-state index contributed by atoms with van der Waals surface area (Å²) in [7, 11) is -4.26. The van der Waals surface area contributed by atoms with Gasteiger partial charge in [-0.25, -0.2) is 8.42 Å². The molecule has 0 aromatic heterocycles. The normalized spacial score (nSPS) is 11.4. The number of carbonyl (C=O) groups is 1. The van der Waals surface area contributed by atoms with Crippen LogP contribution in [0, 0.1) is 5.41 Å². The predicted octanol–water partition coefficient (Wildman–Crippen LogP) is -3.14. The second-order valence-corrected chi connectivity index (χ2v) is 5.19. The molecule has 0 bridgehead atoms. The Kier molecular flexibility index (Phi) is 7.23. The topological polar surface area (TPSA) is 86.3 Å². The van der Waals surface area contributed by atoms with E-state index < -0.39 is 21.3 Å². The second kappa shape index (κ2) is 6.33. The molecule has 82 valence electrons. The van der Waals surface area contributed by atoms with E-state index in [0.29, 0.717) is 0 Å². The first-order valence-corrected chi connectivity index (χ1v) is 5.58. The number of hydrogen-bond donors (Lipinski definition) is 1. The van der Waals surface area contributed by atoms with Gasteiger partial charge in [-0.1, -0.05) is 20.4 Å². The fraction of sp³-hybridized carbons (Fsp3) is 0.625. The van der Waals surface area contributed by atoms with E-state index in [1.54, 1.807) is 13.8 Å².